The molecule has 4 rings (SSSR count). The zero-order valence-corrected chi connectivity index (χ0v) is 15.5. The van der Waals surface area contributed by atoms with Gasteiger partial charge in [-0.25, -0.2) is 4.68 Å². The fourth-order valence-electron chi connectivity index (χ4n) is 4.01. The summed E-state index contributed by atoms with van der Waals surface area (Å²) in [5, 5.41) is 4.95. The number of rotatable bonds is 3. The smallest absolute Gasteiger partial charge is 0.291 e. The highest BCUT2D eigenvalue weighted by Gasteiger charge is 2.23. The van der Waals surface area contributed by atoms with Crippen molar-refractivity contribution in [2.24, 2.45) is 5.92 Å². The fraction of sp³-hybridized carbons (Fsp3) is 0.526. The van der Waals surface area contributed by atoms with Crippen LogP contribution in [0.4, 0.5) is 0 Å². The average Bonchev–Trinajstić information content (AvgIpc) is 3.12. The third-order valence-electron chi connectivity index (χ3n) is 5.27. The number of aromatic nitrogens is 3. The van der Waals surface area contributed by atoms with Gasteiger partial charge >= 0.3 is 0 Å². The van der Waals surface area contributed by atoms with Crippen LogP contribution in [0.2, 0.25) is 0 Å². The van der Waals surface area contributed by atoms with Crippen molar-refractivity contribution in [3.63, 3.8) is 0 Å². The predicted octanol–water partition coefficient (Wildman–Crippen LogP) is 2.53. The highest BCUT2D eigenvalue weighted by atomic mass is 16.3. The summed E-state index contributed by atoms with van der Waals surface area (Å²) in [5.74, 6) is 1.27. The summed E-state index contributed by atoms with van der Waals surface area (Å²) in [4.78, 5) is 27.5. The Hall–Kier alpha value is -2.57. The molecule has 7 nitrogen and oxygen atoms in total. The van der Waals surface area contributed by atoms with E-state index in [1.165, 1.54) is 4.68 Å². The summed E-state index contributed by atoms with van der Waals surface area (Å²) < 4.78 is 8.98. The molecule has 3 aromatic rings. The normalized spacial score (nSPS) is 18.1. The molecule has 0 aliphatic carbocycles. The lowest BCUT2D eigenvalue weighted by atomic mass is 10.0. The van der Waals surface area contributed by atoms with Crippen molar-refractivity contribution in [2.45, 2.75) is 46.7 Å². The molecule has 138 valence electrons. The van der Waals surface area contributed by atoms with Crippen molar-refractivity contribution in [1.82, 2.24) is 19.2 Å². The maximum Gasteiger partial charge on any atom is 0.291 e. The highest BCUT2D eigenvalue weighted by molar-refractivity contribution is 6.04. The van der Waals surface area contributed by atoms with E-state index >= 15 is 0 Å². The van der Waals surface area contributed by atoms with E-state index in [0.717, 1.165) is 37.2 Å². The lowest BCUT2D eigenvalue weighted by Gasteiger charge is -2.30. The van der Waals surface area contributed by atoms with E-state index in [4.69, 9.17) is 4.42 Å². The number of piperidine rings is 1. The maximum atomic E-state index is 13.0. The van der Waals surface area contributed by atoms with E-state index in [-0.39, 0.29) is 18.0 Å². The van der Waals surface area contributed by atoms with Gasteiger partial charge in [-0.2, -0.15) is 5.10 Å². The molecule has 4 heterocycles. The van der Waals surface area contributed by atoms with Crippen LogP contribution in [0.1, 0.15) is 32.4 Å². The van der Waals surface area contributed by atoms with Crippen LogP contribution >= 0.6 is 0 Å². The number of nitrogens with zero attached hydrogens (tertiary/aromatic N) is 4. The highest BCUT2D eigenvalue weighted by Crippen LogP contribution is 2.29. The predicted molar refractivity (Wildman–Crippen MR) is 99.2 cm³/mol. The van der Waals surface area contributed by atoms with Gasteiger partial charge in [0.2, 0.25) is 5.91 Å². The van der Waals surface area contributed by atoms with Gasteiger partial charge in [-0.15, -0.1) is 0 Å². The van der Waals surface area contributed by atoms with Gasteiger partial charge in [0, 0.05) is 25.7 Å². The van der Waals surface area contributed by atoms with Gasteiger partial charge in [0.05, 0.1) is 17.1 Å². The van der Waals surface area contributed by atoms with Crippen LogP contribution in [-0.4, -0.2) is 38.2 Å². The summed E-state index contributed by atoms with van der Waals surface area (Å²) in [5.41, 5.74) is 1.89. The zero-order chi connectivity index (χ0) is 18.4. The van der Waals surface area contributed by atoms with Crippen molar-refractivity contribution >= 4 is 27.9 Å². The van der Waals surface area contributed by atoms with Crippen molar-refractivity contribution in [1.29, 1.82) is 0 Å². The fourth-order valence-corrected chi connectivity index (χ4v) is 4.01. The minimum absolute atomic E-state index is 0.0171. The Bertz CT molecular complexity index is 1040. The van der Waals surface area contributed by atoms with Gasteiger partial charge in [-0.1, -0.05) is 6.92 Å². The van der Waals surface area contributed by atoms with Crippen LogP contribution in [0.25, 0.3) is 22.0 Å². The third-order valence-corrected chi connectivity index (χ3v) is 5.27. The number of carbonyl (C=O) groups excluding carboxylic acids is 1. The number of furan rings is 1. The Kier molecular flexibility index (Phi) is 4.09. The van der Waals surface area contributed by atoms with Crippen LogP contribution in [-0.2, 0) is 17.9 Å². The Labute approximate surface area is 151 Å². The first-order chi connectivity index (χ1) is 12.5. The molecule has 1 aliphatic heterocycles. The van der Waals surface area contributed by atoms with E-state index in [1.807, 2.05) is 29.4 Å². The molecule has 0 aromatic carbocycles. The minimum atomic E-state index is -0.244. The molecule has 0 N–H and O–H groups in total. The minimum Gasteiger partial charge on any atom is -0.459 e. The van der Waals surface area contributed by atoms with E-state index in [1.54, 1.807) is 6.20 Å². The number of likely N-dealkylation sites (tertiary alicyclic amines) is 1. The first-order valence-electron chi connectivity index (χ1n) is 9.25. The van der Waals surface area contributed by atoms with Crippen molar-refractivity contribution < 1.29 is 9.21 Å². The maximum absolute atomic E-state index is 13.0. The largest absolute Gasteiger partial charge is 0.459 e. The second-order valence-electron chi connectivity index (χ2n) is 7.27. The van der Waals surface area contributed by atoms with E-state index < -0.39 is 0 Å². The van der Waals surface area contributed by atoms with Gasteiger partial charge in [-0.05, 0) is 32.6 Å². The number of hydrogen-bond acceptors (Lipinski definition) is 4. The molecule has 1 fully saturated rings. The van der Waals surface area contributed by atoms with Crippen molar-refractivity contribution in [2.75, 3.05) is 13.1 Å². The lowest BCUT2D eigenvalue weighted by Crippen LogP contribution is -2.42. The van der Waals surface area contributed by atoms with Crippen LogP contribution < -0.4 is 5.56 Å². The summed E-state index contributed by atoms with van der Waals surface area (Å²) in [6.07, 6.45) is 3.80. The van der Waals surface area contributed by atoms with E-state index in [0.29, 0.717) is 28.9 Å². The van der Waals surface area contributed by atoms with E-state index in [2.05, 4.69) is 12.0 Å². The number of amides is 1. The molecule has 1 atom stereocenters. The first kappa shape index (κ1) is 16.9. The average molecular weight is 356 g/mol. The zero-order valence-electron chi connectivity index (χ0n) is 15.5. The third kappa shape index (κ3) is 2.62. The molecule has 0 saturated carbocycles. The molecule has 3 aromatic heterocycles. The SMILES string of the molecule is CCn1c2cc(C)oc2c2cnn(CC(=O)N3CCCC(C)C3)c(=O)c21. The Morgan fingerprint density at radius 1 is 1.42 bits per heavy atom. The lowest BCUT2D eigenvalue weighted by molar-refractivity contribution is -0.133. The number of hydrogen-bond donors (Lipinski definition) is 0. The molecule has 1 aliphatic rings. The molecule has 7 heteroatoms. The number of carbonyl (C=O) groups is 1. The van der Waals surface area contributed by atoms with Crippen LogP contribution in [0, 0.1) is 12.8 Å². The van der Waals surface area contributed by atoms with Crippen LogP contribution in [0.5, 0.6) is 0 Å². The molecule has 0 radical (unpaired) electrons. The molecule has 0 spiro atoms. The van der Waals surface area contributed by atoms with Crippen molar-refractivity contribution in [3.8, 4) is 0 Å². The topological polar surface area (TPSA) is 73.3 Å². The summed E-state index contributed by atoms with van der Waals surface area (Å²) in [7, 11) is 0. The second kappa shape index (κ2) is 6.30. The molecule has 1 saturated heterocycles. The molecular formula is C19H24N4O3. The molecule has 1 unspecified atom stereocenters. The number of aryl methyl sites for hydroxylation is 2. The van der Waals surface area contributed by atoms with Crippen molar-refractivity contribution in [3.05, 3.63) is 28.4 Å². The first-order valence-corrected chi connectivity index (χ1v) is 9.25. The Morgan fingerprint density at radius 3 is 2.96 bits per heavy atom. The standard InChI is InChI=1S/C19H24N4O3/c1-4-22-15-8-13(3)26-18(15)14-9-20-23(19(25)17(14)22)11-16(24)21-7-5-6-12(2)10-21/h8-9,12H,4-7,10-11H2,1-3H3. The van der Waals surface area contributed by atoms with Gasteiger partial charge in [-0.3, -0.25) is 9.59 Å². The van der Waals surface area contributed by atoms with Gasteiger partial charge in [0.1, 0.15) is 17.8 Å². The van der Waals surface area contributed by atoms with Crippen LogP contribution in [0.15, 0.2) is 21.5 Å². The summed E-state index contributed by atoms with van der Waals surface area (Å²) in [6.45, 7) is 8.18. The molecule has 0 bridgehead atoms. The summed E-state index contributed by atoms with van der Waals surface area (Å²) >= 11 is 0. The van der Waals surface area contributed by atoms with Gasteiger partial charge in [0.15, 0.2) is 5.58 Å². The Balaban J connectivity index is 1.74. The number of fused-ring (bicyclic) bond motifs is 3. The second-order valence-corrected chi connectivity index (χ2v) is 7.27. The monoisotopic (exact) mass is 356 g/mol. The quantitative estimate of drug-likeness (QED) is 0.723. The van der Waals surface area contributed by atoms with Gasteiger partial charge in [0.25, 0.3) is 5.56 Å². The Morgan fingerprint density at radius 2 is 2.23 bits per heavy atom. The van der Waals surface area contributed by atoms with Gasteiger partial charge < -0.3 is 13.9 Å². The molecular weight excluding hydrogens is 332 g/mol. The van der Waals surface area contributed by atoms with E-state index in [9.17, 15) is 9.59 Å². The van der Waals surface area contributed by atoms with Crippen LogP contribution in [0.3, 0.4) is 0 Å². The molecule has 1 amide bonds. The molecule has 26 heavy (non-hydrogen) atoms. The summed E-state index contributed by atoms with van der Waals surface area (Å²) in [6, 6.07) is 1.93.